The van der Waals surface area contributed by atoms with Gasteiger partial charge in [0, 0.05) is 12.6 Å². The van der Waals surface area contributed by atoms with E-state index >= 15 is 0 Å². The Morgan fingerprint density at radius 2 is 1.71 bits per heavy atom. The Balaban J connectivity index is 1.79. The number of halogens is 3. The zero-order valence-corrected chi connectivity index (χ0v) is 15.4. The minimum Gasteiger partial charge on any atom is -0.394 e. The number of rotatable bonds is 6. The van der Waals surface area contributed by atoms with Gasteiger partial charge in [0.15, 0.2) is 0 Å². The molecule has 1 aliphatic heterocycles. The van der Waals surface area contributed by atoms with Gasteiger partial charge in [-0.2, -0.15) is 13.2 Å². The van der Waals surface area contributed by atoms with Gasteiger partial charge < -0.3 is 10.2 Å². The summed E-state index contributed by atoms with van der Waals surface area (Å²) in [6.07, 6.45) is -0.478. The summed E-state index contributed by atoms with van der Waals surface area (Å²) in [5.74, 6) is 0. The molecule has 0 saturated heterocycles. The van der Waals surface area contributed by atoms with Gasteiger partial charge in [-0.15, -0.1) is 0 Å². The first kappa shape index (κ1) is 20.6. The SMILES string of the molecule is OC[C@H](c1ccccc1)N1CC=CC[C@H]1C[C@H](O)c1cccc(C(F)(F)F)c1. The topological polar surface area (TPSA) is 43.7 Å². The van der Waals surface area contributed by atoms with Crippen molar-refractivity contribution in [1.29, 1.82) is 0 Å². The lowest BCUT2D eigenvalue weighted by Crippen LogP contribution is -2.42. The second kappa shape index (κ2) is 8.90. The van der Waals surface area contributed by atoms with Crippen molar-refractivity contribution in [2.75, 3.05) is 13.2 Å². The molecule has 0 aliphatic carbocycles. The van der Waals surface area contributed by atoms with Crippen LogP contribution in [-0.2, 0) is 6.18 Å². The third-order valence-electron chi connectivity index (χ3n) is 5.21. The first-order valence-corrected chi connectivity index (χ1v) is 9.32. The fourth-order valence-electron chi connectivity index (χ4n) is 3.74. The van der Waals surface area contributed by atoms with Crippen LogP contribution in [0.3, 0.4) is 0 Å². The van der Waals surface area contributed by atoms with Crippen molar-refractivity contribution in [2.45, 2.75) is 37.2 Å². The highest BCUT2D eigenvalue weighted by atomic mass is 19.4. The van der Waals surface area contributed by atoms with Crippen LogP contribution in [0.4, 0.5) is 13.2 Å². The van der Waals surface area contributed by atoms with Crippen LogP contribution >= 0.6 is 0 Å². The molecule has 2 N–H and O–H groups in total. The Kier molecular flexibility index (Phi) is 6.54. The van der Waals surface area contributed by atoms with Crippen molar-refractivity contribution >= 4 is 0 Å². The van der Waals surface area contributed by atoms with Crippen molar-refractivity contribution < 1.29 is 23.4 Å². The molecule has 2 aromatic carbocycles. The highest BCUT2D eigenvalue weighted by Crippen LogP contribution is 2.34. The van der Waals surface area contributed by atoms with Crippen LogP contribution in [-0.4, -0.2) is 34.3 Å². The molecular weight excluding hydrogens is 367 g/mol. The highest BCUT2D eigenvalue weighted by molar-refractivity contribution is 5.27. The molecule has 0 aromatic heterocycles. The van der Waals surface area contributed by atoms with Crippen molar-refractivity contribution in [3.05, 3.63) is 83.4 Å². The predicted octanol–water partition coefficient (Wildman–Crippen LogP) is 4.49. The lowest BCUT2D eigenvalue weighted by atomic mass is 9.93. The minimum absolute atomic E-state index is 0.0754. The van der Waals surface area contributed by atoms with E-state index in [9.17, 15) is 23.4 Å². The zero-order valence-electron chi connectivity index (χ0n) is 15.4. The maximum atomic E-state index is 13.0. The number of hydrogen-bond donors (Lipinski definition) is 2. The normalized spacial score (nSPS) is 20.1. The maximum absolute atomic E-state index is 13.0. The van der Waals surface area contributed by atoms with Crippen molar-refractivity contribution in [2.24, 2.45) is 0 Å². The monoisotopic (exact) mass is 391 g/mol. The van der Waals surface area contributed by atoms with Crippen molar-refractivity contribution in [3.8, 4) is 0 Å². The van der Waals surface area contributed by atoms with Crippen molar-refractivity contribution in [1.82, 2.24) is 4.90 Å². The second-order valence-corrected chi connectivity index (χ2v) is 7.04. The summed E-state index contributed by atoms with van der Waals surface area (Å²) < 4.78 is 38.9. The molecule has 0 fully saturated rings. The lowest BCUT2D eigenvalue weighted by Gasteiger charge is -2.39. The van der Waals surface area contributed by atoms with E-state index < -0.39 is 17.8 Å². The lowest BCUT2D eigenvalue weighted by molar-refractivity contribution is -0.137. The summed E-state index contributed by atoms with van der Waals surface area (Å²) >= 11 is 0. The van der Waals surface area contributed by atoms with E-state index in [4.69, 9.17) is 0 Å². The van der Waals surface area contributed by atoms with Crippen LogP contribution < -0.4 is 0 Å². The van der Waals surface area contributed by atoms with Gasteiger partial charge in [-0.25, -0.2) is 0 Å². The summed E-state index contributed by atoms with van der Waals surface area (Å²) in [6.45, 7) is 0.536. The molecule has 0 spiro atoms. The molecule has 3 atom stereocenters. The molecule has 3 rings (SSSR count). The third-order valence-corrected chi connectivity index (χ3v) is 5.21. The number of nitrogens with zero attached hydrogens (tertiary/aromatic N) is 1. The molecule has 28 heavy (non-hydrogen) atoms. The van der Waals surface area contributed by atoms with Crippen LogP contribution in [0.25, 0.3) is 0 Å². The van der Waals surface area contributed by atoms with E-state index in [0.29, 0.717) is 13.0 Å². The van der Waals surface area contributed by atoms with E-state index in [1.54, 1.807) is 0 Å². The Bertz CT molecular complexity index is 792. The van der Waals surface area contributed by atoms with Gasteiger partial charge in [-0.1, -0.05) is 54.6 Å². The van der Waals surface area contributed by atoms with Crippen LogP contribution in [0.1, 0.15) is 41.7 Å². The fraction of sp³-hybridized carbons (Fsp3) is 0.364. The molecule has 2 aromatic rings. The summed E-state index contributed by atoms with van der Waals surface area (Å²) in [4.78, 5) is 2.10. The first-order chi connectivity index (χ1) is 13.4. The molecule has 1 heterocycles. The summed E-state index contributed by atoms with van der Waals surface area (Å²) in [7, 11) is 0. The number of hydrogen-bond acceptors (Lipinski definition) is 3. The second-order valence-electron chi connectivity index (χ2n) is 7.04. The molecule has 0 radical (unpaired) electrons. The quantitative estimate of drug-likeness (QED) is 0.713. The molecule has 1 aliphatic rings. The smallest absolute Gasteiger partial charge is 0.394 e. The Morgan fingerprint density at radius 3 is 2.39 bits per heavy atom. The van der Waals surface area contributed by atoms with E-state index in [1.165, 1.54) is 12.1 Å². The standard InChI is InChI=1S/C22H24F3NO2/c23-22(24,25)18-10-6-9-17(13-18)21(28)14-19-11-4-5-12-26(19)20(15-27)16-7-2-1-3-8-16/h1-10,13,19-21,27-28H,11-12,14-15H2/t19-,20+,21-/m0/s1. The van der Waals surface area contributed by atoms with E-state index in [1.807, 2.05) is 42.5 Å². The number of alkyl halides is 3. The fourth-order valence-corrected chi connectivity index (χ4v) is 3.74. The zero-order chi connectivity index (χ0) is 20.1. The Morgan fingerprint density at radius 1 is 1.00 bits per heavy atom. The molecular formula is C22H24F3NO2. The van der Waals surface area contributed by atoms with Gasteiger partial charge in [0.1, 0.15) is 0 Å². The van der Waals surface area contributed by atoms with E-state index in [2.05, 4.69) is 4.90 Å². The first-order valence-electron chi connectivity index (χ1n) is 9.32. The number of aliphatic hydroxyl groups excluding tert-OH is 2. The van der Waals surface area contributed by atoms with Crippen LogP contribution in [0.2, 0.25) is 0 Å². The van der Waals surface area contributed by atoms with Gasteiger partial charge >= 0.3 is 6.18 Å². The summed E-state index contributed by atoms with van der Waals surface area (Å²) in [5.41, 5.74) is 0.463. The molecule has 3 nitrogen and oxygen atoms in total. The summed E-state index contributed by atoms with van der Waals surface area (Å²) in [6, 6.07) is 14.1. The largest absolute Gasteiger partial charge is 0.416 e. The molecule has 0 amide bonds. The Labute approximate surface area is 162 Å². The Hall–Kier alpha value is -2.15. The summed E-state index contributed by atoms with van der Waals surface area (Å²) in [5, 5.41) is 20.6. The highest BCUT2D eigenvalue weighted by Gasteiger charge is 2.32. The number of benzene rings is 2. The average molecular weight is 391 g/mol. The van der Waals surface area contributed by atoms with Crippen LogP contribution in [0, 0.1) is 0 Å². The van der Waals surface area contributed by atoms with Crippen LogP contribution in [0.5, 0.6) is 0 Å². The average Bonchev–Trinajstić information content (AvgIpc) is 2.70. The van der Waals surface area contributed by atoms with E-state index in [-0.39, 0.29) is 30.7 Å². The van der Waals surface area contributed by atoms with Gasteiger partial charge in [-0.3, -0.25) is 4.90 Å². The number of aliphatic hydroxyl groups is 2. The molecule has 6 heteroatoms. The van der Waals surface area contributed by atoms with Gasteiger partial charge in [-0.05, 0) is 36.1 Å². The van der Waals surface area contributed by atoms with Gasteiger partial charge in [0.25, 0.3) is 0 Å². The minimum atomic E-state index is -4.44. The third kappa shape index (κ3) is 4.82. The molecule has 0 saturated carbocycles. The molecule has 0 bridgehead atoms. The van der Waals surface area contributed by atoms with Crippen molar-refractivity contribution in [3.63, 3.8) is 0 Å². The molecule has 150 valence electrons. The maximum Gasteiger partial charge on any atom is 0.416 e. The van der Waals surface area contributed by atoms with Gasteiger partial charge in [0.05, 0.1) is 24.3 Å². The van der Waals surface area contributed by atoms with Crippen LogP contribution in [0.15, 0.2) is 66.7 Å². The van der Waals surface area contributed by atoms with E-state index in [0.717, 1.165) is 17.7 Å². The predicted molar refractivity (Wildman–Crippen MR) is 102 cm³/mol. The molecule has 0 unspecified atom stereocenters. The van der Waals surface area contributed by atoms with Gasteiger partial charge in [0.2, 0.25) is 0 Å².